The molecule has 0 saturated carbocycles. The number of rotatable bonds is 4. The number of hydrogen-bond acceptors (Lipinski definition) is 3. The van der Waals surface area contributed by atoms with Gasteiger partial charge >= 0.3 is 0 Å². The van der Waals surface area contributed by atoms with Crippen LogP contribution >= 0.6 is 27.5 Å². The van der Waals surface area contributed by atoms with E-state index in [1.807, 2.05) is 32.3 Å². The summed E-state index contributed by atoms with van der Waals surface area (Å²) >= 11 is 9.68. The summed E-state index contributed by atoms with van der Waals surface area (Å²) in [5.41, 5.74) is 1.06. The second-order valence-electron chi connectivity index (χ2n) is 4.01. The zero-order valence-electron chi connectivity index (χ0n) is 10.2. The maximum Gasteiger partial charge on any atom is 0.138 e. The summed E-state index contributed by atoms with van der Waals surface area (Å²) in [6, 6.07) is 6.03. The van der Waals surface area contributed by atoms with Gasteiger partial charge < -0.3 is 5.32 Å². The van der Waals surface area contributed by atoms with E-state index in [9.17, 15) is 0 Å². The first-order valence-electron chi connectivity index (χ1n) is 5.57. The molecular formula is C12H14BrClN4. The molecule has 0 aliphatic heterocycles. The molecule has 0 bridgehead atoms. The Kier molecular flexibility index (Phi) is 4.37. The monoisotopic (exact) mass is 328 g/mol. The second-order valence-corrected chi connectivity index (χ2v) is 5.33. The van der Waals surface area contributed by atoms with E-state index < -0.39 is 0 Å². The summed E-state index contributed by atoms with van der Waals surface area (Å²) < 4.78 is 2.75. The SMILES string of the molecule is CNC(Cc1ncnn1C)c1ccc(Br)cc1Cl. The lowest BCUT2D eigenvalue weighted by molar-refractivity contribution is 0.553. The van der Waals surface area contributed by atoms with E-state index in [0.717, 1.165) is 27.3 Å². The van der Waals surface area contributed by atoms with Crippen LogP contribution in [-0.4, -0.2) is 21.8 Å². The van der Waals surface area contributed by atoms with Crippen molar-refractivity contribution in [1.82, 2.24) is 20.1 Å². The molecule has 1 atom stereocenters. The molecule has 4 nitrogen and oxygen atoms in total. The van der Waals surface area contributed by atoms with Gasteiger partial charge in [-0.15, -0.1) is 0 Å². The fourth-order valence-corrected chi connectivity index (χ4v) is 2.64. The molecule has 0 saturated heterocycles. The molecule has 1 aromatic carbocycles. The topological polar surface area (TPSA) is 42.7 Å². The molecule has 0 aliphatic rings. The van der Waals surface area contributed by atoms with Crippen molar-refractivity contribution in [2.75, 3.05) is 7.05 Å². The molecule has 0 fully saturated rings. The lowest BCUT2D eigenvalue weighted by Gasteiger charge is -2.17. The van der Waals surface area contributed by atoms with Crippen molar-refractivity contribution in [1.29, 1.82) is 0 Å². The van der Waals surface area contributed by atoms with Crippen molar-refractivity contribution in [3.05, 3.63) is 45.4 Å². The number of halogens is 2. The van der Waals surface area contributed by atoms with Gasteiger partial charge in [0, 0.05) is 29.0 Å². The van der Waals surface area contributed by atoms with E-state index in [0.29, 0.717) is 0 Å². The normalized spacial score (nSPS) is 12.7. The first-order valence-corrected chi connectivity index (χ1v) is 6.74. The van der Waals surface area contributed by atoms with Crippen molar-refractivity contribution in [3.63, 3.8) is 0 Å². The van der Waals surface area contributed by atoms with Crippen molar-refractivity contribution in [3.8, 4) is 0 Å². The van der Waals surface area contributed by atoms with E-state index in [4.69, 9.17) is 11.6 Å². The van der Waals surface area contributed by atoms with Crippen molar-refractivity contribution in [2.45, 2.75) is 12.5 Å². The molecule has 96 valence electrons. The zero-order valence-corrected chi connectivity index (χ0v) is 12.5. The van der Waals surface area contributed by atoms with E-state index >= 15 is 0 Å². The smallest absolute Gasteiger partial charge is 0.138 e. The average Bonchev–Trinajstić information content (AvgIpc) is 2.73. The van der Waals surface area contributed by atoms with Crippen LogP contribution in [-0.2, 0) is 13.5 Å². The summed E-state index contributed by atoms with van der Waals surface area (Å²) in [5.74, 6) is 0.924. The molecule has 1 aromatic heterocycles. The molecule has 18 heavy (non-hydrogen) atoms. The maximum absolute atomic E-state index is 6.27. The van der Waals surface area contributed by atoms with Gasteiger partial charge in [0.2, 0.25) is 0 Å². The highest BCUT2D eigenvalue weighted by molar-refractivity contribution is 9.10. The number of nitrogens with one attached hydrogen (secondary N) is 1. The van der Waals surface area contributed by atoms with Gasteiger partial charge in [-0.25, -0.2) is 4.98 Å². The van der Waals surface area contributed by atoms with Gasteiger partial charge in [-0.05, 0) is 24.7 Å². The third-order valence-corrected chi connectivity index (χ3v) is 3.70. The van der Waals surface area contributed by atoms with Gasteiger partial charge in [0.1, 0.15) is 12.2 Å². The van der Waals surface area contributed by atoms with Crippen molar-refractivity contribution >= 4 is 27.5 Å². The number of likely N-dealkylation sites (N-methyl/N-ethyl adjacent to an activating group) is 1. The lowest BCUT2D eigenvalue weighted by Crippen LogP contribution is -2.21. The predicted octanol–water partition coefficient (Wildman–Crippen LogP) is 2.73. The molecule has 0 radical (unpaired) electrons. The molecule has 0 amide bonds. The van der Waals surface area contributed by atoms with Crippen molar-refractivity contribution < 1.29 is 0 Å². The second kappa shape index (κ2) is 5.82. The van der Waals surface area contributed by atoms with Crippen LogP contribution in [0, 0.1) is 0 Å². The van der Waals surface area contributed by atoms with Gasteiger partial charge in [-0.3, -0.25) is 4.68 Å². The summed E-state index contributed by atoms with van der Waals surface area (Å²) in [7, 11) is 3.80. The molecule has 0 spiro atoms. The third kappa shape index (κ3) is 2.91. The Hall–Kier alpha value is -0.910. The molecule has 0 aliphatic carbocycles. The number of hydrogen-bond donors (Lipinski definition) is 1. The average molecular weight is 330 g/mol. The van der Waals surface area contributed by atoms with Crippen LogP contribution < -0.4 is 5.32 Å². The van der Waals surface area contributed by atoms with Crippen LogP contribution in [0.1, 0.15) is 17.4 Å². The standard InChI is InChI=1S/C12H14BrClN4/c1-15-11(6-12-16-7-17-18(12)2)9-4-3-8(13)5-10(9)14/h3-5,7,11,15H,6H2,1-2H3. The van der Waals surface area contributed by atoms with Crippen LogP contribution in [0.2, 0.25) is 5.02 Å². The van der Waals surface area contributed by atoms with Gasteiger partial charge in [0.25, 0.3) is 0 Å². The molecule has 2 rings (SSSR count). The predicted molar refractivity (Wildman–Crippen MR) is 75.7 cm³/mol. The maximum atomic E-state index is 6.27. The van der Waals surface area contributed by atoms with Gasteiger partial charge in [0.15, 0.2) is 0 Å². The molecule has 6 heteroatoms. The van der Waals surface area contributed by atoms with Crippen LogP contribution in [0.15, 0.2) is 29.0 Å². The van der Waals surface area contributed by atoms with E-state index in [-0.39, 0.29) is 6.04 Å². The summed E-state index contributed by atoms with van der Waals surface area (Å²) in [6.07, 6.45) is 2.31. The first kappa shape index (κ1) is 13.5. The van der Waals surface area contributed by atoms with E-state index in [1.165, 1.54) is 0 Å². The summed E-state index contributed by atoms with van der Waals surface area (Å²) in [6.45, 7) is 0. The van der Waals surface area contributed by atoms with Gasteiger partial charge in [-0.1, -0.05) is 33.6 Å². The fraction of sp³-hybridized carbons (Fsp3) is 0.333. The quantitative estimate of drug-likeness (QED) is 0.938. The molecular weight excluding hydrogens is 316 g/mol. The Morgan fingerprint density at radius 3 is 2.83 bits per heavy atom. The molecule has 1 unspecified atom stereocenters. The Balaban J connectivity index is 2.26. The molecule has 2 aromatic rings. The highest BCUT2D eigenvalue weighted by atomic mass is 79.9. The minimum Gasteiger partial charge on any atom is -0.313 e. The van der Waals surface area contributed by atoms with Crippen LogP contribution in [0.5, 0.6) is 0 Å². The number of benzene rings is 1. The number of nitrogens with zero attached hydrogens (tertiary/aromatic N) is 3. The minimum absolute atomic E-state index is 0.119. The van der Waals surface area contributed by atoms with Gasteiger partial charge in [-0.2, -0.15) is 5.10 Å². The highest BCUT2D eigenvalue weighted by Crippen LogP contribution is 2.27. The summed E-state index contributed by atoms with van der Waals surface area (Å²) in [4.78, 5) is 4.24. The Morgan fingerprint density at radius 2 is 2.28 bits per heavy atom. The number of aryl methyl sites for hydroxylation is 1. The molecule has 1 N–H and O–H groups in total. The zero-order chi connectivity index (χ0) is 13.1. The summed E-state index contributed by atoms with van der Waals surface area (Å²) in [5, 5.41) is 8.08. The first-order chi connectivity index (χ1) is 8.61. The van der Waals surface area contributed by atoms with Crippen LogP contribution in [0.25, 0.3) is 0 Å². The largest absolute Gasteiger partial charge is 0.313 e. The van der Waals surface area contributed by atoms with E-state index in [2.05, 4.69) is 31.3 Å². The van der Waals surface area contributed by atoms with Crippen LogP contribution in [0.4, 0.5) is 0 Å². The lowest BCUT2D eigenvalue weighted by atomic mass is 10.0. The van der Waals surface area contributed by atoms with Crippen LogP contribution in [0.3, 0.4) is 0 Å². The Morgan fingerprint density at radius 1 is 1.50 bits per heavy atom. The Labute approximate surface area is 119 Å². The van der Waals surface area contributed by atoms with Crippen molar-refractivity contribution in [2.24, 2.45) is 7.05 Å². The third-order valence-electron chi connectivity index (χ3n) is 2.88. The highest BCUT2D eigenvalue weighted by Gasteiger charge is 2.16. The number of aromatic nitrogens is 3. The fourth-order valence-electron chi connectivity index (χ4n) is 1.84. The van der Waals surface area contributed by atoms with Gasteiger partial charge in [0.05, 0.1) is 0 Å². The Bertz CT molecular complexity index is 541. The minimum atomic E-state index is 0.119. The molecule has 1 heterocycles. The van der Waals surface area contributed by atoms with E-state index in [1.54, 1.807) is 11.0 Å².